The van der Waals surface area contributed by atoms with Gasteiger partial charge in [-0.3, -0.25) is 19.3 Å². The normalized spacial score (nSPS) is 15.3. The van der Waals surface area contributed by atoms with E-state index in [2.05, 4.69) is 20.6 Å². The first kappa shape index (κ1) is 16.1. The maximum absolute atomic E-state index is 12.4. The Hall–Kier alpha value is -2.77. The van der Waals surface area contributed by atoms with Crippen LogP contribution in [0.1, 0.15) is 33.7 Å². The summed E-state index contributed by atoms with van der Waals surface area (Å²) in [6, 6.07) is 3.55. The molecule has 2 amide bonds. The first-order chi connectivity index (χ1) is 11.6. The highest BCUT2D eigenvalue weighted by molar-refractivity contribution is 5.94. The van der Waals surface area contributed by atoms with Crippen LogP contribution in [0.15, 0.2) is 30.7 Å². The summed E-state index contributed by atoms with van der Waals surface area (Å²) in [6.07, 6.45) is 6.57. The van der Waals surface area contributed by atoms with Gasteiger partial charge in [0.15, 0.2) is 5.69 Å². The maximum atomic E-state index is 12.4. The number of amides is 2. The molecule has 1 fully saturated rings. The summed E-state index contributed by atoms with van der Waals surface area (Å²) >= 11 is 0. The SMILES string of the molecule is Cn1cc(C(=O)NCC2CCN(C(=O)c3cccnc3)CC2)nn1. The van der Waals surface area contributed by atoms with Gasteiger partial charge in [-0.2, -0.15) is 0 Å². The molecule has 0 unspecified atom stereocenters. The van der Waals surface area contributed by atoms with Gasteiger partial charge in [0.2, 0.25) is 0 Å². The van der Waals surface area contributed by atoms with E-state index in [0.717, 1.165) is 12.8 Å². The molecule has 1 N–H and O–H groups in total. The Labute approximate surface area is 139 Å². The fourth-order valence-corrected chi connectivity index (χ4v) is 2.79. The largest absolute Gasteiger partial charge is 0.350 e. The van der Waals surface area contributed by atoms with Crippen LogP contribution in [-0.2, 0) is 7.05 Å². The van der Waals surface area contributed by atoms with Crippen LogP contribution in [-0.4, -0.2) is 56.3 Å². The lowest BCUT2D eigenvalue weighted by Gasteiger charge is -2.32. The number of aromatic nitrogens is 4. The van der Waals surface area contributed by atoms with E-state index < -0.39 is 0 Å². The van der Waals surface area contributed by atoms with E-state index in [1.165, 1.54) is 4.68 Å². The number of nitrogens with one attached hydrogen (secondary N) is 1. The molecule has 1 saturated heterocycles. The van der Waals surface area contributed by atoms with E-state index in [1.54, 1.807) is 37.8 Å². The number of pyridine rings is 1. The van der Waals surface area contributed by atoms with Crippen molar-refractivity contribution in [2.75, 3.05) is 19.6 Å². The number of hydrogen-bond donors (Lipinski definition) is 1. The molecule has 3 heterocycles. The Bertz CT molecular complexity index is 706. The zero-order chi connectivity index (χ0) is 16.9. The van der Waals surface area contributed by atoms with Gasteiger partial charge in [0.25, 0.3) is 11.8 Å². The number of piperidine rings is 1. The molecule has 2 aromatic heterocycles. The molecule has 0 aliphatic carbocycles. The molecule has 24 heavy (non-hydrogen) atoms. The summed E-state index contributed by atoms with van der Waals surface area (Å²) in [5, 5.41) is 10.4. The fourth-order valence-electron chi connectivity index (χ4n) is 2.79. The second-order valence-corrected chi connectivity index (χ2v) is 5.96. The number of hydrogen-bond acceptors (Lipinski definition) is 5. The van der Waals surface area contributed by atoms with Crippen molar-refractivity contribution in [1.29, 1.82) is 0 Å². The molecule has 1 aliphatic rings. The highest BCUT2D eigenvalue weighted by Gasteiger charge is 2.24. The Balaban J connectivity index is 1.45. The Morgan fingerprint density at radius 1 is 1.33 bits per heavy atom. The number of nitrogens with zero attached hydrogens (tertiary/aromatic N) is 5. The highest BCUT2D eigenvalue weighted by Crippen LogP contribution is 2.18. The Morgan fingerprint density at radius 3 is 2.75 bits per heavy atom. The molecule has 2 aromatic rings. The van der Waals surface area contributed by atoms with Crippen molar-refractivity contribution in [2.24, 2.45) is 13.0 Å². The van der Waals surface area contributed by atoms with Gasteiger partial charge in [-0.05, 0) is 30.9 Å². The summed E-state index contributed by atoms with van der Waals surface area (Å²) in [5.74, 6) is 0.172. The molecule has 0 atom stereocenters. The zero-order valence-electron chi connectivity index (χ0n) is 13.6. The van der Waals surface area contributed by atoms with E-state index in [-0.39, 0.29) is 11.8 Å². The van der Waals surface area contributed by atoms with Crippen LogP contribution in [0.2, 0.25) is 0 Å². The minimum absolute atomic E-state index is 0.0187. The van der Waals surface area contributed by atoms with Gasteiger partial charge in [-0.1, -0.05) is 5.21 Å². The molecule has 126 valence electrons. The molecule has 8 heteroatoms. The fraction of sp³-hybridized carbons (Fsp3) is 0.438. The van der Waals surface area contributed by atoms with Crippen molar-refractivity contribution in [2.45, 2.75) is 12.8 Å². The summed E-state index contributed by atoms with van der Waals surface area (Å²) in [7, 11) is 1.72. The van der Waals surface area contributed by atoms with E-state index in [1.807, 2.05) is 4.90 Å². The number of aryl methyl sites for hydroxylation is 1. The minimum Gasteiger partial charge on any atom is -0.350 e. The topological polar surface area (TPSA) is 93.0 Å². The van der Waals surface area contributed by atoms with Crippen molar-refractivity contribution in [1.82, 2.24) is 30.2 Å². The lowest BCUT2D eigenvalue weighted by molar-refractivity contribution is 0.0683. The Morgan fingerprint density at radius 2 is 2.12 bits per heavy atom. The van der Waals surface area contributed by atoms with Gasteiger partial charge < -0.3 is 10.2 Å². The van der Waals surface area contributed by atoms with Crippen molar-refractivity contribution in [3.05, 3.63) is 42.0 Å². The zero-order valence-corrected chi connectivity index (χ0v) is 13.6. The van der Waals surface area contributed by atoms with Gasteiger partial charge in [-0.25, -0.2) is 0 Å². The summed E-state index contributed by atoms with van der Waals surface area (Å²) in [6.45, 7) is 1.98. The van der Waals surface area contributed by atoms with Gasteiger partial charge in [0.1, 0.15) is 0 Å². The van der Waals surface area contributed by atoms with Gasteiger partial charge in [0, 0.05) is 39.1 Å². The first-order valence-electron chi connectivity index (χ1n) is 7.97. The lowest BCUT2D eigenvalue weighted by atomic mass is 9.96. The first-order valence-corrected chi connectivity index (χ1v) is 7.97. The highest BCUT2D eigenvalue weighted by atomic mass is 16.2. The van der Waals surface area contributed by atoms with Crippen LogP contribution in [0.4, 0.5) is 0 Å². The third-order valence-electron chi connectivity index (χ3n) is 4.20. The molecule has 0 bridgehead atoms. The van der Waals surface area contributed by atoms with E-state index in [9.17, 15) is 9.59 Å². The Kier molecular flexibility index (Phi) is 4.83. The lowest BCUT2D eigenvalue weighted by Crippen LogP contribution is -2.41. The standard InChI is InChI=1S/C16H20N6O2/c1-21-11-14(19-20-21)15(23)18-9-12-4-7-22(8-5-12)16(24)13-3-2-6-17-10-13/h2-3,6,10-12H,4-5,7-9H2,1H3,(H,18,23). The average Bonchev–Trinajstić information content (AvgIpc) is 3.07. The second-order valence-electron chi connectivity index (χ2n) is 5.96. The molecule has 1 aliphatic heterocycles. The summed E-state index contributed by atoms with van der Waals surface area (Å²) < 4.78 is 1.50. The van der Waals surface area contributed by atoms with Crippen molar-refractivity contribution in [3.8, 4) is 0 Å². The third-order valence-corrected chi connectivity index (χ3v) is 4.20. The van der Waals surface area contributed by atoms with Crippen molar-refractivity contribution >= 4 is 11.8 Å². The number of likely N-dealkylation sites (tertiary alicyclic amines) is 1. The third kappa shape index (κ3) is 3.76. The number of rotatable bonds is 4. The summed E-state index contributed by atoms with van der Waals surface area (Å²) in [4.78, 5) is 30.2. The predicted octanol–water partition coefficient (Wildman–Crippen LogP) is 0.492. The smallest absolute Gasteiger partial charge is 0.273 e. The van der Waals surface area contributed by atoms with E-state index >= 15 is 0 Å². The maximum Gasteiger partial charge on any atom is 0.273 e. The van der Waals surface area contributed by atoms with Gasteiger partial charge in [0.05, 0.1) is 11.8 Å². The molecule has 0 saturated carbocycles. The van der Waals surface area contributed by atoms with Crippen LogP contribution in [0, 0.1) is 5.92 Å². The number of carbonyl (C=O) groups is 2. The van der Waals surface area contributed by atoms with Gasteiger partial charge >= 0.3 is 0 Å². The van der Waals surface area contributed by atoms with Crippen LogP contribution >= 0.6 is 0 Å². The van der Waals surface area contributed by atoms with Crippen LogP contribution < -0.4 is 5.32 Å². The predicted molar refractivity (Wildman–Crippen MR) is 86.2 cm³/mol. The molecule has 0 aromatic carbocycles. The molecular formula is C16H20N6O2. The second kappa shape index (κ2) is 7.20. The molecular weight excluding hydrogens is 308 g/mol. The summed E-state index contributed by atoms with van der Waals surface area (Å²) in [5.41, 5.74) is 0.939. The van der Waals surface area contributed by atoms with Gasteiger partial charge in [-0.15, -0.1) is 5.10 Å². The average molecular weight is 328 g/mol. The van der Waals surface area contributed by atoms with Crippen LogP contribution in [0.3, 0.4) is 0 Å². The van der Waals surface area contributed by atoms with E-state index in [0.29, 0.717) is 36.8 Å². The van der Waals surface area contributed by atoms with Crippen LogP contribution in [0.5, 0.6) is 0 Å². The van der Waals surface area contributed by atoms with Crippen molar-refractivity contribution < 1.29 is 9.59 Å². The molecule has 3 rings (SSSR count). The monoisotopic (exact) mass is 328 g/mol. The van der Waals surface area contributed by atoms with Crippen LogP contribution in [0.25, 0.3) is 0 Å². The molecule has 0 radical (unpaired) electrons. The molecule has 8 nitrogen and oxygen atoms in total. The van der Waals surface area contributed by atoms with E-state index in [4.69, 9.17) is 0 Å². The van der Waals surface area contributed by atoms with Crippen molar-refractivity contribution in [3.63, 3.8) is 0 Å². The quantitative estimate of drug-likeness (QED) is 0.882. The minimum atomic E-state index is -0.211. The number of carbonyl (C=O) groups excluding carboxylic acids is 2. The molecule has 0 spiro atoms.